The number of hydrazine groups is 1. The lowest BCUT2D eigenvalue weighted by molar-refractivity contribution is -0.0136. The van der Waals surface area contributed by atoms with Crippen molar-refractivity contribution in [3.8, 4) is 0 Å². The van der Waals surface area contributed by atoms with E-state index >= 15 is 0 Å². The average Bonchev–Trinajstić information content (AvgIpc) is 2.24. The number of rotatable bonds is 3. The molecule has 16 heavy (non-hydrogen) atoms. The normalized spacial score (nSPS) is 23.6. The maximum absolute atomic E-state index is 5.60. The molecule has 0 aromatic heterocycles. The first-order chi connectivity index (χ1) is 7.61. The van der Waals surface area contributed by atoms with Gasteiger partial charge in [0.2, 0.25) is 5.96 Å². The van der Waals surface area contributed by atoms with Crippen molar-refractivity contribution >= 4 is 5.96 Å². The minimum absolute atomic E-state index is 0.163. The fraction of sp³-hybridized carbons (Fsp3) is 0.900. The van der Waals surface area contributed by atoms with Crippen LogP contribution >= 0.6 is 0 Å². The number of nitrogens with zero attached hydrogens (tertiary/aromatic N) is 2. The first-order valence-electron chi connectivity index (χ1n) is 5.69. The molecule has 1 rings (SSSR count). The van der Waals surface area contributed by atoms with E-state index < -0.39 is 0 Å². The second-order valence-corrected chi connectivity index (χ2v) is 4.39. The van der Waals surface area contributed by atoms with Crippen LogP contribution in [0.2, 0.25) is 0 Å². The molecule has 0 bridgehead atoms. The topological polar surface area (TPSA) is 74.9 Å². The lowest BCUT2D eigenvalue weighted by atomic mass is 10.3. The number of nitrogens with one attached hydrogen (secondary N) is 2. The molecule has 1 unspecified atom stereocenters. The molecule has 6 nitrogen and oxygen atoms in total. The lowest BCUT2D eigenvalue weighted by Crippen LogP contribution is -2.46. The predicted octanol–water partition coefficient (Wildman–Crippen LogP) is -0.866. The predicted molar refractivity (Wildman–Crippen MR) is 65.1 cm³/mol. The third-order valence-corrected chi connectivity index (χ3v) is 2.36. The molecule has 0 spiro atoms. The van der Waals surface area contributed by atoms with Crippen LogP contribution in [0.25, 0.3) is 0 Å². The zero-order valence-corrected chi connectivity index (χ0v) is 10.4. The quantitative estimate of drug-likeness (QED) is 0.254. The van der Waals surface area contributed by atoms with Crippen LogP contribution < -0.4 is 16.6 Å². The Labute approximate surface area is 97.2 Å². The molecule has 0 aromatic carbocycles. The summed E-state index contributed by atoms with van der Waals surface area (Å²) in [7, 11) is 2.09. The minimum Gasteiger partial charge on any atom is -0.374 e. The van der Waals surface area contributed by atoms with Crippen molar-refractivity contribution in [3.63, 3.8) is 0 Å². The number of hydrogen-bond donors (Lipinski definition) is 3. The van der Waals surface area contributed by atoms with Crippen LogP contribution in [-0.2, 0) is 4.74 Å². The summed E-state index contributed by atoms with van der Waals surface area (Å²) in [6, 6.07) is 0.310. The van der Waals surface area contributed by atoms with Crippen LogP contribution in [-0.4, -0.2) is 56.3 Å². The molecule has 4 N–H and O–H groups in total. The Balaban J connectivity index is 2.37. The highest BCUT2D eigenvalue weighted by molar-refractivity contribution is 5.79. The number of ether oxygens (including phenoxy) is 1. The SMILES string of the molecule is CC(C)NC(=NCC1CN(C)CCO1)NN. The molecular weight excluding hydrogens is 206 g/mol. The zero-order valence-electron chi connectivity index (χ0n) is 10.4. The number of morpholine rings is 1. The Bertz CT molecular complexity index is 231. The van der Waals surface area contributed by atoms with Crippen molar-refractivity contribution in [1.29, 1.82) is 0 Å². The van der Waals surface area contributed by atoms with E-state index in [4.69, 9.17) is 10.6 Å². The van der Waals surface area contributed by atoms with Gasteiger partial charge in [-0.2, -0.15) is 0 Å². The standard InChI is InChI=1S/C10H23N5O/c1-8(2)13-10(14-11)12-6-9-7-15(3)4-5-16-9/h8-9H,4-7,11H2,1-3H3,(H2,12,13,14). The molecule has 0 radical (unpaired) electrons. The van der Waals surface area contributed by atoms with Crippen LogP contribution in [0.15, 0.2) is 4.99 Å². The summed E-state index contributed by atoms with van der Waals surface area (Å²) >= 11 is 0. The summed E-state index contributed by atoms with van der Waals surface area (Å²) in [6.07, 6.45) is 0.163. The van der Waals surface area contributed by atoms with Gasteiger partial charge in [-0.15, -0.1) is 0 Å². The molecule has 0 saturated carbocycles. The minimum atomic E-state index is 0.163. The van der Waals surface area contributed by atoms with E-state index in [1.165, 1.54) is 0 Å². The van der Waals surface area contributed by atoms with E-state index in [2.05, 4.69) is 27.7 Å². The molecule has 1 heterocycles. The second-order valence-electron chi connectivity index (χ2n) is 4.39. The number of nitrogens with two attached hydrogens (primary N) is 1. The Hall–Kier alpha value is -0.850. The average molecular weight is 229 g/mol. The molecule has 1 fully saturated rings. The van der Waals surface area contributed by atoms with Crippen LogP contribution in [0.1, 0.15) is 13.8 Å². The summed E-state index contributed by atoms with van der Waals surface area (Å²) in [6.45, 7) is 7.40. The van der Waals surface area contributed by atoms with Gasteiger partial charge in [0.1, 0.15) is 0 Å². The van der Waals surface area contributed by atoms with E-state index in [1.807, 2.05) is 13.8 Å². The number of likely N-dealkylation sites (N-methyl/N-ethyl adjacent to an activating group) is 1. The van der Waals surface area contributed by atoms with Crippen LogP contribution in [0.5, 0.6) is 0 Å². The second kappa shape index (κ2) is 6.67. The summed E-state index contributed by atoms with van der Waals surface area (Å²) in [5.41, 5.74) is 2.55. The van der Waals surface area contributed by atoms with Gasteiger partial charge in [-0.3, -0.25) is 5.43 Å². The Morgan fingerprint density at radius 1 is 1.62 bits per heavy atom. The molecule has 6 heteroatoms. The summed E-state index contributed by atoms with van der Waals surface area (Å²) in [5.74, 6) is 5.99. The summed E-state index contributed by atoms with van der Waals surface area (Å²) in [4.78, 5) is 6.60. The monoisotopic (exact) mass is 229 g/mol. The van der Waals surface area contributed by atoms with Crippen molar-refractivity contribution in [2.75, 3.05) is 33.3 Å². The van der Waals surface area contributed by atoms with Crippen LogP contribution in [0, 0.1) is 0 Å². The molecule has 0 aromatic rings. The van der Waals surface area contributed by atoms with Gasteiger partial charge < -0.3 is 15.0 Å². The molecule has 94 valence electrons. The Morgan fingerprint density at radius 3 is 2.94 bits per heavy atom. The van der Waals surface area contributed by atoms with E-state index in [9.17, 15) is 0 Å². The maximum atomic E-state index is 5.60. The van der Waals surface area contributed by atoms with Gasteiger partial charge in [-0.1, -0.05) is 0 Å². The molecule has 1 aliphatic rings. The van der Waals surface area contributed by atoms with Crippen molar-refractivity contribution in [2.45, 2.75) is 26.0 Å². The van der Waals surface area contributed by atoms with Crippen molar-refractivity contribution in [3.05, 3.63) is 0 Å². The molecular formula is C10H23N5O. The lowest BCUT2D eigenvalue weighted by Gasteiger charge is -2.29. The third-order valence-electron chi connectivity index (χ3n) is 2.36. The fourth-order valence-electron chi connectivity index (χ4n) is 1.58. The number of hydrogen-bond acceptors (Lipinski definition) is 4. The molecule has 1 atom stereocenters. The van der Waals surface area contributed by atoms with Gasteiger partial charge in [-0.05, 0) is 20.9 Å². The highest BCUT2D eigenvalue weighted by atomic mass is 16.5. The van der Waals surface area contributed by atoms with E-state index in [1.54, 1.807) is 0 Å². The summed E-state index contributed by atoms with van der Waals surface area (Å²) in [5, 5.41) is 3.13. The highest BCUT2D eigenvalue weighted by Crippen LogP contribution is 2.02. The van der Waals surface area contributed by atoms with Crippen LogP contribution in [0.3, 0.4) is 0 Å². The van der Waals surface area contributed by atoms with E-state index in [0.717, 1.165) is 19.7 Å². The van der Waals surface area contributed by atoms with Crippen molar-refractivity contribution in [2.24, 2.45) is 10.8 Å². The van der Waals surface area contributed by atoms with E-state index in [-0.39, 0.29) is 6.10 Å². The van der Waals surface area contributed by atoms with Gasteiger partial charge in [0, 0.05) is 19.1 Å². The van der Waals surface area contributed by atoms with Gasteiger partial charge in [0.05, 0.1) is 19.3 Å². The summed E-state index contributed by atoms with van der Waals surface area (Å²) < 4.78 is 5.60. The largest absolute Gasteiger partial charge is 0.374 e. The number of guanidine groups is 1. The first kappa shape index (κ1) is 13.2. The molecule has 0 amide bonds. The maximum Gasteiger partial charge on any atom is 0.206 e. The first-order valence-corrected chi connectivity index (χ1v) is 5.69. The van der Waals surface area contributed by atoms with Crippen molar-refractivity contribution in [1.82, 2.24) is 15.6 Å². The molecule has 1 saturated heterocycles. The Kier molecular flexibility index (Phi) is 5.51. The van der Waals surface area contributed by atoms with Gasteiger partial charge in [0.15, 0.2) is 0 Å². The molecule has 0 aliphatic carbocycles. The fourth-order valence-corrected chi connectivity index (χ4v) is 1.58. The molecule has 1 aliphatic heterocycles. The Morgan fingerprint density at radius 2 is 2.38 bits per heavy atom. The van der Waals surface area contributed by atoms with Gasteiger partial charge in [0.25, 0.3) is 0 Å². The van der Waals surface area contributed by atoms with Gasteiger partial charge >= 0.3 is 0 Å². The van der Waals surface area contributed by atoms with E-state index in [0.29, 0.717) is 18.5 Å². The van der Waals surface area contributed by atoms with Crippen molar-refractivity contribution < 1.29 is 4.74 Å². The third kappa shape index (κ3) is 4.78. The smallest absolute Gasteiger partial charge is 0.206 e. The van der Waals surface area contributed by atoms with Gasteiger partial charge in [-0.25, -0.2) is 10.8 Å². The number of aliphatic imine (C=N–C) groups is 1. The zero-order chi connectivity index (χ0) is 12.0. The van der Waals surface area contributed by atoms with Crippen LogP contribution in [0.4, 0.5) is 0 Å². The highest BCUT2D eigenvalue weighted by Gasteiger charge is 2.17.